The summed E-state index contributed by atoms with van der Waals surface area (Å²) in [4.78, 5) is 51.5. The molecule has 0 spiro atoms. The van der Waals surface area contributed by atoms with Gasteiger partial charge in [-0.2, -0.15) is 4.98 Å². The topological polar surface area (TPSA) is 185 Å². The van der Waals surface area contributed by atoms with Crippen molar-refractivity contribution < 1.29 is 38.7 Å². The van der Waals surface area contributed by atoms with Gasteiger partial charge in [0.25, 0.3) is 0 Å². The number of nitrogens with one attached hydrogen (secondary N) is 1. The summed E-state index contributed by atoms with van der Waals surface area (Å²) in [5.41, 5.74) is 0.798. The molecule has 3 heterocycles. The fourth-order valence-electron chi connectivity index (χ4n) is 2.51. The van der Waals surface area contributed by atoms with E-state index in [1.807, 2.05) is 17.0 Å². The summed E-state index contributed by atoms with van der Waals surface area (Å²) in [5, 5.41) is 21.3. The van der Waals surface area contributed by atoms with Crippen molar-refractivity contribution in [2.24, 2.45) is 0 Å². The number of aromatic nitrogens is 3. The van der Waals surface area contributed by atoms with Crippen LogP contribution in [0.5, 0.6) is 0 Å². The molecule has 0 unspecified atom stereocenters. The first-order valence-electron chi connectivity index (χ1n) is 9.15. The van der Waals surface area contributed by atoms with Gasteiger partial charge in [-0.1, -0.05) is 5.16 Å². The number of ether oxygens (including phenoxy) is 1. The van der Waals surface area contributed by atoms with Crippen molar-refractivity contribution in [1.82, 2.24) is 25.3 Å². The molecule has 1 aliphatic heterocycles. The Kier molecular flexibility index (Phi) is 8.57. The van der Waals surface area contributed by atoms with Crippen LogP contribution in [0.4, 0.5) is 0 Å². The van der Waals surface area contributed by atoms with Crippen LogP contribution in [0.3, 0.4) is 0 Å². The van der Waals surface area contributed by atoms with Crippen LogP contribution in [0, 0.1) is 0 Å². The van der Waals surface area contributed by atoms with Crippen LogP contribution in [0.2, 0.25) is 0 Å². The zero-order valence-corrected chi connectivity index (χ0v) is 16.6. The Morgan fingerprint density at radius 2 is 1.97 bits per heavy atom. The van der Waals surface area contributed by atoms with Crippen LogP contribution in [0.1, 0.15) is 18.7 Å². The van der Waals surface area contributed by atoms with Gasteiger partial charge in [-0.3, -0.25) is 19.5 Å². The van der Waals surface area contributed by atoms with Crippen molar-refractivity contribution in [2.45, 2.75) is 12.8 Å². The third kappa shape index (κ3) is 7.47. The summed E-state index contributed by atoms with van der Waals surface area (Å²) in [6.07, 6.45) is 3.36. The molecule has 0 radical (unpaired) electrons. The highest BCUT2D eigenvalue weighted by atomic mass is 16.5. The third-order valence-corrected chi connectivity index (χ3v) is 3.95. The molecular weight excluding hydrogens is 414 g/mol. The van der Waals surface area contributed by atoms with Crippen LogP contribution in [-0.2, 0) is 23.9 Å². The maximum atomic E-state index is 11.8. The first kappa shape index (κ1) is 23.4. The van der Waals surface area contributed by atoms with E-state index in [9.17, 15) is 9.59 Å². The minimum Gasteiger partial charge on any atom is -0.473 e. The number of aliphatic carboxylic acids is 2. The number of amides is 1. The molecule has 2 aromatic rings. The van der Waals surface area contributed by atoms with Crippen LogP contribution in [-0.4, -0.2) is 86.8 Å². The summed E-state index contributed by atoms with van der Waals surface area (Å²) in [7, 11) is 0. The number of pyridine rings is 1. The van der Waals surface area contributed by atoms with E-state index in [0.29, 0.717) is 31.4 Å². The second-order valence-electron chi connectivity index (χ2n) is 6.28. The van der Waals surface area contributed by atoms with E-state index in [4.69, 9.17) is 29.1 Å². The highest BCUT2D eigenvalue weighted by molar-refractivity contribution is 6.27. The predicted molar refractivity (Wildman–Crippen MR) is 102 cm³/mol. The van der Waals surface area contributed by atoms with Crippen LogP contribution >= 0.6 is 0 Å². The molecule has 3 N–H and O–H groups in total. The molecule has 2 aromatic heterocycles. The van der Waals surface area contributed by atoms with E-state index in [1.165, 1.54) is 0 Å². The SMILES string of the molecule is CCOC(=O)CNC(=O)CN1CC(c2nc(-c3cccnc3)no2)C1.O=C(O)C(=O)O. The van der Waals surface area contributed by atoms with Gasteiger partial charge in [0.1, 0.15) is 6.54 Å². The number of carbonyl (C=O) groups is 4. The molecule has 13 nitrogen and oxygen atoms in total. The largest absolute Gasteiger partial charge is 0.473 e. The van der Waals surface area contributed by atoms with Gasteiger partial charge in [-0.25, -0.2) is 9.59 Å². The molecule has 0 aromatic carbocycles. The number of carbonyl (C=O) groups excluding carboxylic acids is 2. The number of carboxylic acid groups (broad SMARTS) is 2. The molecule has 0 atom stereocenters. The van der Waals surface area contributed by atoms with Gasteiger partial charge in [0, 0.05) is 31.0 Å². The first-order valence-corrected chi connectivity index (χ1v) is 9.15. The Morgan fingerprint density at radius 1 is 1.26 bits per heavy atom. The molecule has 1 aliphatic rings. The number of hydrogen-bond donors (Lipinski definition) is 3. The molecular formula is C18H21N5O8. The highest BCUT2D eigenvalue weighted by Crippen LogP contribution is 2.26. The van der Waals surface area contributed by atoms with Crippen molar-refractivity contribution in [3.05, 3.63) is 30.4 Å². The van der Waals surface area contributed by atoms with Gasteiger partial charge in [0.2, 0.25) is 17.6 Å². The number of carboxylic acids is 2. The van der Waals surface area contributed by atoms with E-state index in [2.05, 4.69) is 20.4 Å². The van der Waals surface area contributed by atoms with Gasteiger partial charge in [-0.15, -0.1) is 0 Å². The fraction of sp³-hybridized carbons (Fsp3) is 0.389. The fourth-order valence-corrected chi connectivity index (χ4v) is 2.51. The molecule has 166 valence electrons. The lowest BCUT2D eigenvalue weighted by Gasteiger charge is -2.36. The van der Waals surface area contributed by atoms with Crippen molar-refractivity contribution >= 4 is 23.8 Å². The normalized spacial score (nSPS) is 13.3. The average Bonchev–Trinajstić information content (AvgIpc) is 3.20. The van der Waals surface area contributed by atoms with Crippen LogP contribution < -0.4 is 5.32 Å². The quantitative estimate of drug-likeness (QED) is 0.370. The van der Waals surface area contributed by atoms with Crippen LogP contribution in [0.15, 0.2) is 29.0 Å². The Hall–Kier alpha value is -3.87. The lowest BCUT2D eigenvalue weighted by Crippen LogP contribution is -2.50. The third-order valence-electron chi connectivity index (χ3n) is 3.95. The zero-order chi connectivity index (χ0) is 22.8. The Morgan fingerprint density at radius 3 is 2.55 bits per heavy atom. The summed E-state index contributed by atoms with van der Waals surface area (Å²) in [5.74, 6) is -3.13. The van der Waals surface area contributed by atoms with E-state index in [0.717, 1.165) is 5.56 Å². The lowest BCUT2D eigenvalue weighted by molar-refractivity contribution is -0.159. The number of nitrogens with zero attached hydrogens (tertiary/aromatic N) is 4. The van der Waals surface area contributed by atoms with Crippen molar-refractivity contribution in [3.63, 3.8) is 0 Å². The Labute approximate surface area is 176 Å². The molecule has 1 amide bonds. The molecule has 0 bridgehead atoms. The number of rotatable bonds is 7. The number of likely N-dealkylation sites (tertiary alicyclic amines) is 1. The van der Waals surface area contributed by atoms with Gasteiger partial charge >= 0.3 is 17.9 Å². The second kappa shape index (κ2) is 11.3. The average molecular weight is 435 g/mol. The molecule has 13 heteroatoms. The molecule has 3 rings (SSSR count). The van der Waals surface area contributed by atoms with E-state index in [1.54, 1.807) is 19.3 Å². The van der Waals surface area contributed by atoms with Crippen LogP contribution in [0.25, 0.3) is 11.4 Å². The maximum Gasteiger partial charge on any atom is 0.414 e. The smallest absolute Gasteiger partial charge is 0.414 e. The molecule has 1 fully saturated rings. The van der Waals surface area contributed by atoms with Crippen molar-refractivity contribution in [2.75, 3.05) is 32.8 Å². The molecule has 0 aliphatic carbocycles. The Balaban J connectivity index is 0.000000501. The number of esters is 1. The van der Waals surface area contributed by atoms with Crippen molar-refractivity contribution in [1.29, 1.82) is 0 Å². The lowest BCUT2D eigenvalue weighted by atomic mass is 10.0. The van der Waals surface area contributed by atoms with E-state index < -0.39 is 17.9 Å². The van der Waals surface area contributed by atoms with Gasteiger partial charge in [0.05, 0.1) is 19.1 Å². The van der Waals surface area contributed by atoms with Gasteiger partial charge in [-0.05, 0) is 19.1 Å². The van der Waals surface area contributed by atoms with Gasteiger partial charge < -0.3 is 24.8 Å². The summed E-state index contributed by atoms with van der Waals surface area (Å²) >= 11 is 0. The molecule has 1 saturated heterocycles. The number of hydrogen-bond acceptors (Lipinski definition) is 10. The maximum absolute atomic E-state index is 11.8. The van der Waals surface area contributed by atoms with E-state index in [-0.39, 0.29) is 24.9 Å². The second-order valence-corrected chi connectivity index (χ2v) is 6.28. The van der Waals surface area contributed by atoms with E-state index >= 15 is 0 Å². The predicted octanol–water partition coefficient (Wildman–Crippen LogP) is -0.634. The highest BCUT2D eigenvalue weighted by Gasteiger charge is 2.33. The molecule has 0 saturated carbocycles. The molecule has 31 heavy (non-hydrogen) atoms. The summed E-state index contributed by atoms with van der Waals surface area (Å²) in [6.45, 7) is 3.44. The summed E-state index contributed by atoms with van der Waals surface area (Å²) < 4.78 is 10.1. The summed E-state index contributed by atoms with van der Waals surface area (Å²) in [6, 6.07) is 3.67. The first-order chi connectivity index (χ1) is 14.8. The standard InChI is InChI=1S/C16H19N5O4.C2H2O4/c1-2-24-14(23)7-18-13(22)10-21-8-12(9-21)16-19-15(20-25-16)11-4-3-5-17-6-11;3-1(4)2(5)6/h3-6,12H,2,7-10H2,1H3,(H,18,22);(H,3,4)(H,5,6). The monoisotopic (exact) mass is 435 g/mol. The van der Waals surface area contributed by atoms with Crippen molar-refractivity contribution in [3.8, 4) is 11.4 Å². The zero-order valence-electron chi connectivity index (χ0n) is 16.6. The Bertz CT molecular complexity index is 899. The van der Waals surface area contributed by atoms with Gasteiger partial charge in [0.15, 0.2) is 0 Å². The minimum absolute atomic E-state index is 0.107. The minimum atomic E-state index is -1.82.